The van der Waals surface area contributed by atoms with Crippen molar-refractivity contribution in [2.24, 2.45) is 0 Å². The van der Waals surface area contributed by atoms with Gasteiger partial charge >= 0.3 is 0 Å². The lowest BCUT2D eigenvalue weighted by Crippen LogP contribution is -2.32. The fourth-order valence-corrected chi connectivity index (χ4v) is 3.45. The molecule has 0 aliphatic carbocycles. The van der Waals surface area contributed by atoms with Gasteiger partial charge in [-0.25, -0.2) is 4.98 Å². The van der Waals surface area contributed by atoms with E-state index in [0.717, 1.165) is 0 Å². The molecule has 0 bridgehead atoms. The van der Waals surface area contributed by atoms with Crippen molar-refractivity contribution < 1.29 is 4.79 Å². The largest absolute Gasteiger partial charge is 0.353 e. The second-order valence-corrected chi connectivity index (χ2v) is 6.59. The van der Waals surface area contributed by atoms with Crippen molar-refractivity contribution in [1.82, 2.24) is 14.9 Å². The number of thioether (sulfide) groups is 1. The number of rotatable bonds is 6. The third-order valence-corrected chi connectivity index (χ3v) is 4.43. The van der Waals surface area contributed by atoms with Gasteiger partial charge in [-0.15, -0.1) is 17.9 Å². The molecule has 0 radical (unpaired) electrons. The Labute approximate surface area is 131 Å². The van der Waals surface area contributed by atoms with Gasteiger partial charge in [0, 0.05) is 12.6 Å². The Morgan fingerprint density at radius 3 is 3.05 bits per heavy atom. The van der Waals surface area contributed by atoms with E-state index in [0.29, 0.717) is 21.9 Å². The highest BCUT2D eigenvalue weighted by molar-refractivity contribution is 7.99. The van der Waals surface area contributed by atoms with Crippen molar-refractivity contribution in [3.8, 4) is 0 Å². The van der Waals surface area contributed by atoms with Gasteiger partial charge in [-0.3, -0.25) is 14.2 Å². The number of aromatic nitrogens is 2. The molecule has 0 aromatic carbocycles. The van der Waals surface area contributed by atoms with Crippen molar-refractivity contribution >= 4 is 39.2 Å². The van der Waals surface area contributed by atoms with Crippen LogP contribution in [0.4, 0.5) is 0 Å². The monoisotopic (exact) mass is 323 g/mol. The number of hydrogen-bond donors (Lipinski definition) is 1. The van der Waals surface area contributed by atoms with Gasteiger partial charge in [-0.1, -0.05) is 17.8 Å². The van der Waals surface area contributed by atoms with E-state index in [4.69, 9.17) is 0 Å². The van der Waals surface area contributed by atoms with E-state index < -0.39 is 0 Å². The van der Waals surface area contributed by atoms with Crippen LogP contribution in [0.5, 0.6) is 0 Å². The summed E-state index contributed by atoms with van der Waals surface area (Å²) in [4.78, 5) is 29.3. The van der Waals surface area contributed by atoms with Crippen LogP contribution >= 0.6 is 23.1 Å². The Bertz CT molecular complexity index is 719. The summed E-state index contributed by atoms with van der Waals surface area (Å²) in [6, 6.07) is 1.87. The number of carbonyl (C=O) groups excluding carboxylic acids is 1. The highest BCUT2D eigenvalue weighted by atomic mass is 32.2. The van der Waals surface area contributed by atoms with E-state index in [2.05, 4.69) is 16.9 Å². The van der Waals surface area contributed by atoms with E-state index in [9.17, 15) is 9.59 Å². The minimum Gasteiger partial charge on any atom is -0.353 e. The quantitative estimate of drug-likeness (QED) is 0.503. The summed E-state index contributed by atoms with van der Waals surface area (Å²) < 4.78 is 1.55. The Balaban J connectivity index is 2.29. The number of thiophene rings is 1. The molecule has 0 atom stereocenters. The van der Waals surface area contributed by atoms with Gasteiger partial charge in [-0.2, -0.15) is 0 Å². The molecule has 21 heavy (non-hydrogen) atoms. The zero-order chi connectivity index (χ0) is 15.4. The molecule has 0 saturated heterocycles. The van der Waals surface area contributed by atoms with Crippen molar-refractivity contribution in [3.05, 3.63) is 34.5 Å². The van der Waals surface area contributed by atoms with Crippen LogP contribution in [0, 0.1) is 0 Å². The predicted molar refractivity (Wildman–Crippen MR) is 88.1 cm³/mol. The van der Waals surface area contributed by atoms with Gasteiger partial charge in [-0.05, 0) is 25.3 Å². The normalized spacial score (nSPS) is 11.0. The molecular formula is C14H17N3O2S2. The van der Waals surface area contributed by atoms with E-state index >= 15 is 0 Å². The molecule has 2 aromatic heterocycles. The Hall–Kier alpha value is -1.60. The van der Waals surface area contributed by atoms with Crippen LogP contribution in [0.25, 0.3) is 10.2 Å². The second-order valence-electron chi connectivity index (χ2n) is 4.75. The average molecular weight is 323 g/mol. The van der Waals surface area contributed by atoms with Crippen molar-refractivity contribution in [3.63, 3.8) is 0 Å². The van der Waals surface area contributed by atoms with Crippen LogP contribution in [-0.4, -0.2) is 27.3 Å². The Kier molecular flexibility index (Phi) is 5.19. The summed E-state index contributed by atoms with van der Waals surface area (Å²) in [6.07, 6.45) is 1.65. The summed E-state index contributed by atoms with van der Waals surface area (Å²) in [6.45, 7) is 7.87. The maximum atomic E-state index is 12.4. The molecule has 2 heterocycles. The van der Waals surface area contributed by atoms with Gasteiger partial charge in [0.15, 0.2) is 5.16 Å². The standard InChI is InChI=1S/C14H17N3O2S2/c1-4-6-17-13(19)10-5-7-20-12(10)16-14(17)21-8-11(18)15-9(2)3/h4-5,7,9H,1,6,8H2,2-3H3,(H,15,18). The van der Waals surface area contributed by atoms with E-state index in [1.54, 1.807) is 16.7 Å². The Morgan fingerprint density at radius 2 is 2.38 bits per heavy atom. The van der Waals surface area contributed by atoms with E-state index in [1.165, 1.54) is 23.1 Å². The average Bonchev–Trinajstić information content (AvgIpc) is 2.88. The zero-order valence-electron chi connectivity index (χ0n) is 12.0. The molecule has 1 amide bonds. The first-order valence-corrected chi connectivity index (χ1v) is 8.40. The van der Waals surface area contributed by atoms with Gasteiger partial charge in [0.1, 0.15) is 4.83 Å². The number of hydrogen-bond acceptors (Lipinski definition) is 5. The molecule has 1 N–H and O–H groups in total. The van der Waals surface area contributed by atoms with Gasteiger partial charge < -0.3 is 5.32 Å². The maximum absolute atomic E-state index is 12.4. The highest BCUT2D eigenvalue weighted by Gasteiger charge is 2.13. The molecule has 7 heteroatoms. The molecule has 112 valence electrons. The highest BCUT2D eigenvalue weighted by Crippen LogP contribution is 2.21. The lowest BCUT2D eigenvalue weighted by Gasteiger charge is -2.11. The number of carbonyl (C=O) groups is 1. The van der Waals surface area contributed by atoms with Crippen LogP contribution < -0.4 is 10.9 Å². The number of allylic oxidation sites excluding steroid dienone is 1. The van der Waals surface area contributed by atoms with E-state index in [1.807, 2.05) is 19.2 Å². The van der Waals surface area contributed by atoms with Gasteiger partial charge in [0.05, 0.1) is 11.1 Å². The van der Waals surface area contributed by atoms with Gasteiger partial charge in [0.2, 0.25) is 5.91 Å². The first-order chi connectivity index (χ1) is 10.0. The maximum Gasteiger partial charge on any atom is 0.263 e. The number of nitrogens with one attached hydrogen (secondary N) is 1. The first kappa shape index (κ1) is 15.8. The molecule has 5 nitrogen and oxygen atoms in total. The number of amides is 1. The Morgan fingerprint density at radius 1 is 1.62 bits per heavy atom. The minimum atomic E-state index is -0.0899. The van der Waals surface area contributed by atoms with Crippen LogP contribution in [0.1, 0.15) is 13.8 Å². The summed E-state index contributed by atoms with van der Waals surface area (Å²) in [5.41, 5.74) is -0.0899. The molecular weight excluding hydrogens is 306 g/mol. The van der Waals surface area contributed by atoms with Crippen molar-refractivity contribution in [1.29, 1.82) is 0 Å². The number of fused-ring (bicyclic) bond motifs is 1. The van der Waals surface area contributed by atoms with Gasteiger partial charge in [0.25, 0.3) is 5.56 Å². The van der Waals surface area contributed by atoms with Crippen LogP contribution in [0.2, 0.25) is 0 Å². The first-order valence-electron chi connectivity index (χ1n) is 6.54. The van der Waals surface area contributed by atoms with Crippen LogP contribution in [0.3, 0.4) is 0 Å². The molecule has 2 aromatic rings. The SMILES string of the molecule is C=CCn1c(SCC(=O)NC(C)C)nc2sccc2c1=O. The third kappa shape index (κ3) is 3.74. The molecule has 0 spiro atoms. The molecule has 0 saturated carbocycles. The lowest BCUT2D eigenvalue weighted by atomic mass is 10.4. The third-order valence-electron chi connectivity index (χ3n) is 2.64. The molecule has 0 aliphatic heterocycles. The molecule has 0 aliphatic rings. The summed E-state index contributed by atoms with van der Waals surface area (Å²) >= 11 is 2.69. The van der Waals surface area contributed by atoms with Crippen LogP contribution in [-0.2, 0) is 11.3 Å². The second kappa shape index (κ2) is 6.91. The molecule has 0 unspecified atom stereocenters. The number of nitrogens with zero attached hydrogens (tertiary/aromatic N) is 2. The fourth-order valence-electron chi connectivity index (χ4n) is 1.82. The lowest BCUT2D eigenvalue weighted by molar-refractivity contribution is -0.119. The smallest absolute Gasteiger partial charge is 0.263 e. The van der Waals surface area contributed by atoms with Crippen LogP contribution in [0.15, 0.2) is 34.1 Å². The predicted octanol–water partition coefficient (Wildman–Crippen LogP) is 2.26. The summed E-state index contributed by atoms with van der Waals surface area (Å²) in [7, 11) is 0. The summed E-state index contributed by atoms with van der Waals surface area (Å²) in [5.74, 6) is 0.166. The molecule has 0 fully saturated rings. The minimum absolute atomic E-state index is 0.0688. The topological polar surface area (TPSA) is 64.0 Å². The van der Waals surface area contributed by atoms with Crippen molar-refractivity contribution in [2.75, 3.05) is 5.75 Å². The van der Waals surface area contributed by atoms with E-state index in [-0.39, 0.29) is 23.3 Å². The zero-order valence-corrected chi connectivity index (χ0v) is 13.6. The molecule has 2 rings (SSSR count). The summed E-state index contributed by atoms with van der Waals surface area (Å²) in [5, 5.41) is 5.82. The van der Waals surface area contributed by atoms with Crippen molar-refractivity contribution in [2.45, 2.75) is 31.6 Å². The fraction of sp³-hybridized carbons (Fsp3) is 0.357.